The molecule has 3 nitrogen and oxygen atoms in total. The van der Waals surface area contributed by atoms with Crippen LogP contribution in [0.3, 0.4) is 0 Å². The van der Waals surface area contributed by atoms with Gasteiger partial charge in [-0.05, 0) is 38.3 Å². The zero-order valence-electron chi connectivity index (χ0n) is 11.3. The van der Waals surface area contributed by atoms with Crippen molar-refractivity contribution in [3.63, 3.8) is 0 Å². The minimum Gasteiger partial charge on any atom is -0.390 e. The van der Waals surface area contributed by atoms with Crippen LogP contribution in [0.15, 0.2) is 35.2 Å². The van der Waals surface area contributed by atoms with E-state index in [2.05, 4.69) is 0 Å². The molecule has 19 heavy (non-hydrogen) atoms. The highest BCUT2D eigenvalue weighted by Crippen LogP contribution is 2.23. The number of aliphatic hydroxyl groups is 1. The molecule has 0 saturated carbocycles. The molecule has 1 heterocycles. The molecular weight excluding hydrogens is 258 g/mol. The van der Waals surface area contributed by atoms with Gasteiger partial charge < -0.3 is 10.0 Å². The first-order valence-corrected chi connectivity index (χ1v) is 7.73. The van der Waals surface area contributed by atoms with Crippen molar-refractivity contribution in [3.8, 4) is 0 Å². The average molecular weight is 279 g/mol. The van der Waals surface area contributed by atoms with Gasteiger partial charge in [-0.25, -0.2) is 0 Å². The maximum Gasteiger partial charge on any atom is 0.232 e. The van der Waals surface area contributed by atoms with Crippen LogP contribution in [0.2, 0.25) is 0 Å². The number of benzene rings is 1. The molecule has 0 radical (unpaired) electrons. The van der Waals surface area contributed by atoms with Crippen LogP contribution < -0.4 is 0 Å². The summed E-state index contributed by atoms with van der Waals surface area (Å²) in [6.07, 6.45) is 2.34. The van der Waals surface area contributed by atoms with Gasteiger partial charge in [0.2, 0.25) is 5.91 Å². The zero-order chi connectivity index (χ0) is 13.7. The maximum atomic E-state index is 12.2. The van der Waals surface area contributed by atoms with Crippen LogP contribution in [0.1, 0.15) is 26.2 Å². The highest BCUT2D eigenvalue weighted by Gasteiger charge is 2.26. The molecule has 1 aliphatic heterocycles. The van der Waals surface area contributed by atoms with Crippen LogP contribution in [0.5, 0.6) is 0 Å². The summed E-state index contributed by atoms with van der Waals surface area (Å²) in [5.74, 6) is 0.651. The summed E-state index contributed by atoms with van der Waals surface area (Å²) in [6, 6.07) is 9.98. The van der Waals surface area contributed by atoms with Gasteiger partial charge in [0.05, 0.1) is 11.4 Å². The topological polar surface area (TPSA) is 40.5 Å². The highest BCUT2D eigenvalue weighted by molar-refractivity contribution is 8.00. The molecule has 1 saturated heterocycles. The van der Waals surface area contributed by atoms with Gasteiger partial charge in [-0.3, -0.25) is 4.79 Å². The minimum absolute atomic E-state index is 0.173. The first-order chi connectivity index (χ1) is 9.07. The number of likely N-dealkylation sites (tertiary alicyclic amines) is 1. The fourth-order valence-corrected chi connectivity index (χ4v) is 3.09. The summed E-state index contributed by atoms with van der Waals surface area (Å²) in [5, 5.41) is 10.0. The Hall–Kier alpha value is -1.00. The van der Waals surface area contributed by atoms with Gasteiger partial charge in [-0.15, -0.1) is 11.8 Å². The molecule has 1 atom stereocenters. The number of hydrogen-bond donors (Lipinski definition) is 1. The van der Waals surface area contributed by atoms with Gasteiger partial charge >= 0.3 is 0 Å². The summed E-state index contributed by atoms with van der Waals surface area (Å²) in [4.78, 5) is 15.2. The van der Waals surface area contributed by atoms with Gasteiger partial charge in [0.25, 0.3) is 0 Å². The van der Waals surface area contributed by atoms with E-state index in [0.29, 0.717) is 18.7 Å². The van der Waals surface area contributed by atoms with E-state index in [-0.39, 0.29) is 5.91 Å². The number of rotatable bonds is 3. The van der Waals surface area contributed by atoms with Gasteiger partial charge in [-0.2, -0.15) is 0 Å². The van der Waals surface area contributed by atoms with Gasteiger partial charge in [0, 0.05) is 18.0 Å². The summed E-state index contributed by atoms with van der Waals surface area (Å²) >= 11 is 1.58. The molecule has 0 aromatic heterocycles. The highest BCUT2D eigenvalue weighted by atomic mass is 32.2. The molecule has 1 amide bonds. The average Bonchev–Trinajstić information content (AvgIpc) is 2.58. The SMILES string of the molecule is CC1(O)CCCN(C(=O)CSc2ccccc2)CC1. The van der Waals surface area contributed by atoms with E-state index in [1.54, 1.807) is 11.8 Å². The Morgan fingerprint density at radius 1 is 1.32 bits per heavy atom. The molecule has 0 spiro atoms. The van der Waals surface area contributed by atoms with Crippen molar-refractivity contribution in [2.45, 2.75) is 36.7 Å². The van der Waals surface area contributed by atoms with Crippen LogP contribution in [0, 0.1) is 0 Å². The fourth-order valence-electron chi connectivity index (χ4n) is 2.27. The Labute approximate surface area is 119 Å². The van der Waals surface area contributed by atoms with E-state index in [0.717, 1.165) is 24.3 Å². The van der Waals surface area contributed by atoms with Crippen LogP contribution in [0.25, 0.3) is 0 Å². The largest absolute Gasteiger partial charge is 0.390 e. The maximum absolute atomic E-state index is 12.2. The summed E-state index contributed by atoms with van der Waals surface area (Å²) < 4.78 is 0. The monoisotopic (exact) mass is 279 g/mol. The van der Waals surface area contributed by atoms with E-state index in [4.69, 9.17) is 0 Å². The molecule has 1 aromatic carbocycles. The molecule has 4 heteroatoms. The number of thioether (sulfide) groups is 1. The Balaban J connectivity index is 1.83. The number of hydrogen-bond acceptors (Lipinski definition) is 3. The lowest BCUT2D eigenvalue weighted by atomic mass is 9.98. The van der Waals surface area contributed by atoms with E-state index in [1.807, 2.05) is 42.2 Å². The summed E-state index contributed by atoms with van der Waals surface area (Å²) in [6.45, 7) is 3.30. The van der Waals surface area contributed by atoms with Crippen molar-refractivity contribution in [1.29, 1.82) is 0 Å². The number of carbonyl (C=O) groups is 1. The smallest absolute Gasteiger partial charge is 0.232 e. The Kier molecular flexibility index (Phi) is 4.88. The number of carbonyl (C=O) groups excluding carboxylic acids is 1. The third-order valence-corrected chi connectivity index (χ3v) is 4.52. The van der Waals surface area contributed by atoms with Crippen LogP contribution >= 0.6 is 11.8 Å². The third-order valence-electron chi connectivity index (χ3n) is 3.52. The molecule has 1 aliphatic rings. The van der Waals surface area contributed by atoms with Crippen molar-refractivity contribution in [2.24, 2.45) is 0 Å². The van der Waals surface area contributed by atoms with Gasteiger partial charge in [0.15, 0.2) is 0 Å². The van der Waals surface area contributed by atoms with E-state index >= 15 is 0 Å². The predicted octanol–water partition coefficient (Wildman–Crippen LogP) is 2.54. The van der Waals surface area contributed by atoms with Crippen molar-refractivity contribution in [3.05, 3.63) is 30.3 Å². The molecule has 2 rings (SSSR count). The van der Waals surface area contributed by atoms with E-state index in [1.165, 1.54) is 0 Å². The Bertz CT molecular complexity index is 419. The Morgan fingerprint density at radius 2 is 2.05 bits per heavy atom. The standard InChI is InChI=1S/C15H21NO2S/c1-15(18)8-5-10-16(11-9-15)14(17)12-19-13-6-3-2-4-7-13/h2-4,6-7,18H,5,8-12H2,1H3. The normalized spacial score (nSPS) is 24.0. The number of amides is 1. The lowest BCUT2D eigenvalue weighted by Gasteiger charge is -2.22. The second kappa shape index (κ2) is 6.44. The van der Waals surface area contributed by atoms with Crippen molar-refractivity contribution >= 4 is 17.7 Å². The molecule has 1 aromatic rings. The lowest BCUT2D eigenvalue weighted by Crippen LogP contribution is -2.34. The minimum atomic E-state index is -0.610. The quantitative estimate of drug-likeness (QED) is 0.864. The first-order valence-electron chi connectivity index (χ1n) is 6.75. The molecule has 104 valence electrons. The second-order valence-electron chi connectivity index (χ2n) is 5.33. The van der Waals surface area contributed by atoms with E-state index < -0.39 is 5.60 Å². The molecule has 1 unspecified atom stereocenters. The Morgan fingerprint density at radius 3 is 2.79 bits per heavy atom. The van der Waals surface area contributed by atoms with Crippen LogP contribution in [0.4, 0.5) is 0 Å². The second-order valence-corrected chi connectivity index (χ2v) is 6.38. The predicted molar refractivity (Wildman–Crippen MR) is 78.2 cm³/mol. The van der Waals surface area contributed by atoms with Gasteiger partial charge in [0.1, 0.15) is 0 Å². The molecule has 0 aliphatic carbocycles. The van der Waals surface area contributed by atoms with Crippen LogP contribution in [-0.2, 0) is 4.79 Å². The molecule has 0 bridgehead atoms. The molecule has 1 N–H and O–H groups in total. The fraction of sp³-hybridized carbons (Fsp3) is 0.533. The first kappa shape index (κ1) is 14.4. The number of nitrogens with zero attached hydrogens (tertiary/aromatic N) is 1. The lowest BCUT2D eigenvalue weighted by molar-refractivity contribution is -0.128. The van der Waals surface area contributed by atoms with Crippen molar-refractivity contribution in [2.75, 3.05) is 18.8 Å². The molecular formula is C15H21NO2S. The summed E-state index contributed by atoms with van der Waals surface area (Å²) in [5.41, 5.74) is -0.610. The van der Waals surface area contributed by atoms with Gasteiger partial charge in [-0.1, -0.05) is 18.2 Å². The molecule has 1 fully saturated rings. The summed E-state index contributed by atoms with van der Waals surface area (Å²) in [7, 11) is 0. The van der Waals surface area contributed by atoms with Crippen molar-refractivity contribution in [1.82, 2.24) is 4.90 Å². The third kappa shape index (κ3) is 4.55. The van der Waals surface area contributed by atoms with E-state index in [9.17, 15) is 9.90 Å². The van der Waals surface area contributed by atoms with Crippen LogP contribution in [-0.4, -0.2) is 40.4 Å². The zero-order valence-corrected chi connectivity index (χ0v) is 12.2. The van der Waals surface area contributed by atoms with Crippen molar-refractivity contribution < 1.29 is 9.90 Å².